The molecule has 0 aromatic rings. The molecule has 3 heteroatoms. The first kappa shape index (κ1) is 18.4. The van der Waals surface area contributed by atoms with Crippen molar-refractivity contribution in [1.82, 2.24) is 4.90 Å². The summed E-state index contributed by atoms with van der Waals surface area (Å²) in [6.07, 6.45) is 17.2. The van der Waals surface area contributed by atoms with E-state index >= 15 is 0 Å². The first-order chi connectivity index (χ1) is 13.0. The second-order valence-electron chi connectivity index (χ2n) is 10.5. The van der Waals surface area contributed by atoms with Crippen LogP contribution in [0.1, 0.15) is 64.7 Å². The van der Waals surface area contributed by atoms with E-state index in [0.717, 1.165) is 25.7 Å². The maximum Gasteiger partial charge on any atom is 0.0757 e. The maximum atomic E-state index is 11.2. The number of aliphatic hydroxyl groups is 2. The van der Waals surface area contributed by atoms with Crippen LogP contribution in [0.5, 0.6) is 0 Å². The summed E-state index contributed by atoms with van der Waals surface area (Å²) in [6, 6.07) is 0. The van der Waals surface area contributed by atoms with Gasteiger partial charge < -0.3 is 15.1 Å². The molecule has 0 bridgehead atoms. The Kier molecular flexibility index (Phi) is 4.57. The van der Waals surface area contributed by atoms with Crippen molar-refractivity contribution < 1.29 is 10.2 Å². The molecule has 0 amide bonds. The summed E-state index contributed by atoms with van der Waals surface area (Å²) in [6.45, 7) is 6.17. The molecule has 27 heavy (non-hydrogen) atoms. The second-order valence-corrected chi connectivity index (χ2v) is 10.5. The summed E-state index contributed by atoms with van der Waals surface area (Å²) < 4.78 is 0. The molecule has 4 aliphatic carbocycles. The van der Waals surface area contributed by atoms with Crippen LogP contribution < -0.4 is 0 Å². The van der Waals surface area contributed by atoms with Crippen LogP contribution in [0.3, 0.4) is 0 Å². The zero-order chi connectivity index (χ0) is 18.6. The van der Waals surface area contributed by atoms with Gasteiger partial charge in [-0.3, -0.25) is 0 Å². The van der Waals surface area contributed by atoms with Crippen molar-refractivity contribution in [2.24, 2.45) is 28.6 Å². The Morgan fingerprint density at radius 2 is 1.89 bits per heavy atom. The van der Waals surface area contributed by atoms with Crippen molar-refractivity contribution in [2.45, 2.75) is 76.9 Å². The molecule has 0 spiro atoms. The molecule has 2 unspecified atom stereocenters. The van der Waals surface area contributed by atoms with E-state index in [1.807, 2.05) is 0 Å². The number of rotatable bonds is 2. The average molecular weight is 372 g/mol. The Bertz CT molecular complexity index is 636. The molecule has 3 nitrogen and oxygen atoms in total. The number of allylic oxidation sites excluding steroid dienone is 1. The van der Waals surface area contributed by atoms with Crippen LogP contribution in [0.15, 0.2) is 23.8 Å². The summed E-state index contributed by atoms with van der Waals surface area (Å²) in [5.74, 6) is 1.57. The molecule has 1 heterocycles. The highest BCUT2D eigenvalue weighted by Gasteiger charge is 2.58. The van der Waals surface area contributed by atoms with Gasteiger partial charge in [-0.05, 0) is 87.6 Å². The highest BCUT2D eigenvalue weighted by molar-refractivity contribution is 5.29. The van der Waals surface area contributed by atoms with Gasteiger partial charge in [0.15, 0.2) is 0 Å². The Morgan fingerprint density at radius 1 is 1.07 bits per heavy atom. The molecule has 1 saturated heterocycles. The van der Waals surface area contributed by atoms with Crippen LogP contribution in [0.2, 0.25) is 0 Å². The topological polar surface area (TPSA) is 43.7 Å². The second kappa shape index (κ2) is 6.71. The summed E-state index contributed by atoms with van der Waals surface area (Å²) in [5.41, 5.74) is 1.84. The summed E-state index contributed by atoms with van der Waals surface area (Å²) in [5, 5.41) is 21.4. The van der Waals surface area contributed by atoms with Gasteiger partial charge in [-0.1, -0.05) is 37.1 Å². The maximum absolute atomic E-state index is 11.2. The number of likely N-dealkylation sites (tertiary alicyclic amines) is 1. The van der Waals surface area contributed by atoms with Crippen LogP contribution in [-0.2, 0) is 0 Å². The molecule has 5 aliphatic rings. The lowest BCUT2D eigenvalue weighted by Crippen LogP contribution is -2.56. The van der Waals surface area contributed by atoms with Crippen LogP contribution in [0, 0.1) is 28.6 Å². The van der Waals surface area contributed by atoms with E-state index in [4.69, 9.17) is 0 Å². The van der Waals surface area contributed by atoms with E-state index in [9.17, 15) is 10.2 Å². The third-order valence-corrected chi connectivity index (χ3v) is 9.17. The minimum atomic E-state index is -0.325. The number of hydrogen-bond acceptors (Lipinski definition) is 3. The Morgan fingerprint density at radius 3 is 2.70 bits per heavy atom. The van der Waals surface area contributed by atoms with Crippen molar-refractivity contribution in [3.05, 3.63) is 23.8 Å². The molecule has 1 aliphatic heterocycles. The first-order valence-corrected chi connectivity index (χ1v) is 11.5. The predicted molar refractivity (Wildman–Crippen MR) is 108 cm³/mol. The molecule has 2 saturated carbocycles. The van der Waals surface area contributed by atoms with Gasteiger partial charge >= 0.3 is 0 Å². The van der Waals surface area contributed by atoms with E-state index in [1.54, 1.807) is 0 Å². The van der Waals surface area contributed by atoms with Gasteiger partial charge in [-0.25, -0.2) is 0 Å². The number of hydrogen-bond donors (Lipinski definition) is 2. The zero-order valence-corrected chi connectivity index (χ0v) is 16.9. The SMILES string of the molecule is C[C@]12CCC(O)CC1=CC(O)[C@H]1[C@@H]3CC=C[C@@]3(CN3CCCCC3)CC[C@@H]12. The molecule has 0 aromatic carbocycles. The quantitative estimate of drug-likeness (QED) is 0.723. The number of piperidine rings is 1. The van der Waals surface area contributed by atoms with Crippen LogP contribution in [-0.4, -0.2) is 47.0 Å². The van der Waals surface area contributed by atoms with Crippen molar-refractivity contribution in [3.8, 4) is 0 Å². The summed E-state index contributed by atoms with van der Waals surface area (Å²) in [7, 11) is 0. The molecule has 7 atom stereocenters. The highest BCUT2D eigenvalue weighted by Crippen LogP contribution is 2.63. The minimum absolute atomic E-state index is 0.197. The number of aliphatic hydroxyl groups excluding tert-OH is 2. The van der Waals surface area contributed by atoms with E-state index in [-0.39, 0.29) is 23.0 Å². The minimum Gasteiger partial charge on any atom is -0.393 e. The zero-order valence-electron chi connectivity index (χ0n) is 16.9. The average Bonchev–Trinajstić information content (AvgIpc) is 3.07. The Labute approximate surface area is 164 Å². The largest absolute Gasteiger partial charge is 0.393 e. The van der Waals surface area contributed by atoms with E-state index in [0.29, 0.717) is 17.8 Å². The third kappa shape index (κ3) is 2.88. The van der Waals surface area contributed by atoms with Gasteiger partial charge in [0.2, 0.25) is 0 Å². The van der Waals surface area contributed by atoms with E-state index in [2.05, 4.69) is 30.1 Å². The van der Waals surface area contributed by atoms with E-state index < -0.39 is 0 Å². The van der Waals surface area contributed by atoms with Gasteiger partial charge in [-0.15, -0.1) is 0 Å². The van der Waals surface area contributed by atoms with Crippen molar-refractivity contribution in [1.29, 1.82) is 0 Å². The summed E-state index contributed by atoms with van der Waals surface area (Å²) >= 11 is 0. The molecule has 5 rings (SSSR count). The smallest absolute Gasteiger partial charge is 0.0757 e. The van der Waals surface area contributed by atoms with Gasteiger partial charge in [-0.2, -0.15) is 0 Å². The van der Waals surface area contributed by atoms with Crippen molar-refractivity contribution >= 4 is 0 Å². The monoisotopic (exact) mass is 371 g/mol. The van der Waals surface area contributed by atoms with Crippen LogP contribution in [0.25, 0.3) is 0 Å². The molecular formula is C24H37NO2. The number of nitrogens with zero attached hydrogens (tertiary/aromatic N) is 1. The molecule has 0 aromatic heterocycles. The lowest BCUT2D eigenvalue weighted by molar-refractivity contribution is -0.0869. The molecule has 3 fully saturated rings. The van der Waals surface area contributed by atoms with Crippen molar-refractivity contribution in [2.75, 3.05) is 19.6 Å². The van der Waals surface area contributed by atoms with Crippen molar-refractivity contribution in [3.63, 3.8) is 0 Å². The Balaban J connectivity index is 1.44. The molecular weight excluding hydrogens is 334 g/mol. The predicted octanol–water partition coefficient (Wildman–Crippen LogP) is 3.91. The van der Waals surface area contributed by atoms with Crippen LogP contribution >= 0.6 is 0 Å². The van der Waals surface area contributed by atoms with E-state index in [1.165, 1.54) is 57.3 Å². The third-order valence-electron chi connectivity index (χ3n) is 9.17. The van der Waals surface area contributed by atoms with Gasteiger partial charge in [0.05, 0.1) is 12.2 Å². The van der Waals surface area contributed by atoms with Gasteiger partial charge in [0, 0.05) is 12.0 Å². The standard InChI is InChI=1S/C24H37NO2/c1-23-10-7-18(26)14-17(23)15-21(27)22-19(23)8-11-24(9-5-6-20(22)24)16-25-12-3-2-4-13-25/h5,9,15,18-22,26-27H,2-4,6-8,10-14,16H2,1H3/t18?,19-,20-,21?,22+,23-,24-/m0/s1. The van der Waals surface area contributed by atoms with Gasteiger partial charge in [0.25, 0.3) is 0 Å². The molecule has 2 N–H and O–H groups in total. The normalized spacial score (nSPS) is 49.9. The fourth-order valence-electron chi connectivity index (χ4n) is 7.73. The first-order valence-electron chi connectivity index (χ1n) is 11.5. The summed E-state index contributed by atoms with van der Waals surface area (Å²) in [4.78, 5) is 2.71. The molecule has 0 radical (unpaired) electrons. The Hall–Kier alpha value is -0.640. The lowest BCUT2D eigenvalue weighted by Gasteiger charge is -2.59. The molecule has 150 valence electrons. The van der Waals surface area contributed by atoms with Crippen LogP contribution in [0.4, 0.5) is 0 Å². The fourth-order valence-corrected chi connectivity index (χ4v) is 7.73. The highest BCUT2D eigenvalue weighted by atomic mass is 16.3. The van der Waals surface area contributed by atoms with Gasteiger partial charge in [0.1, 0.15) is 0 Å². The number of fused-ring (bicyclic) bond motifs is 5. The fraction of sp³-hybridized carbons (Fsp3) is 0.833. The lowest BCUT2D eigenvalue weighted by atomic mass is 9.47.